The monoisotopic (exact) mass is 433 g/mol. The fraction of sp³-hybridized carbons (Fsp3) is 0.385. The molecule has 0 bridgehead atoms. The second-order valence-corrected chi connectivity index (χ2v) is 9.07. The molecule has 0 saturated heterocycles. The van der Waals surface area contributed by atoms with Crippen LogP contribution in [0.2, 0.25) is 0 Å². The number of benzene rings is 2. The largest absolute Gasteiger partial charge is 0.348 e. The van der Waals surface area contributed by atoms with E-state index >= 15 is 0 Å². The Hall–Kier alpha value is -2.37. The van der Waals surface area contributed by atoms with Crippen molar-refractivity contribution in [2.45, 2.75) is 49.9 Å². The van der Waals surface area contributed by atoms with Gasteiger partial charge in [-0.25, -0.2) is 4.79 Å². The Bertz CT molecular complexity index is 1010. The van der Waals surface area contributed by atoms with E-state index in [9.17, 15) is 4.79 Å². The van der Waals surface area contributed by atoms with E-state index in [-0.39, 0.29) is 10.9 Å². The van der Waals surface area contributed by atoms with E-state index in [4.69, 9.17) is 0 Å². The molecule has 2 aromatic carbocycles. The van der Waals surface area contributed by atoms with Crippen molar-refractivity contribution in [3.63, 3.8) is 0 Å². The Labute approximate surface area is 189 Å². The number of rotatable bonds is 9. The normalized spacial score (nSPS) is 13.2. The lowest BCUT2D eigenvalue weighted by Crippen LogP contribution is -2.34. The summed E-state index contributed by atoms with van der Waals surface area (Å²) in [6.07, 6.45) is 3.08. The summed E-state index contributed by atoms with van der Waals surface area (Å²) in [5.74, 6) is 0. The van der Waals surface area contributed by atoms with E-state index in [2.05, 4.69) is 72.3 Å². The maximum absolute atomic E-state index is 13.1. The van der Waals surface area contributed by atoms with E-state index < -0.39 is 0 Å². The fourth-order valence-electron chi connectivity index (χ4n) is 4.39. The van der Waals surface area contributed by atoms with E-state index in [0.29, 0.717) is 0 Å². The van der Waals surface area contributed by atoms with Gasteiger partial charge in [0.05, 0.1) is 5.25 Å². The van der Waals surface area contributed by atoms with E-state index in [1.54, 1.807) is 11.8 Å². The first-order chi connectivity index (χ1) is 15.2. The predicted octanol–water partition coefficient (Wildman–Crippen LogP) is 4.96. The van der Waals surface area contributed by atoms with Crippen LogP contribution in [0.15, 0.2) is 70.5 Å². The first kappa shape index (κ1) is 21.8. The van der Waals surface area contributed by atoms with Crippen LogP contribution in [-0.4, -0.2) is 34.1 Å². The molecule has 4 rings (SSSR count). The van der Waals surface area contributed by atoms with Crippen LogP contribution in [-0.2, 0) is 19.4 Å². The Kier molecular flexibility index (Phi) is 7.25. The average molecular weight is 434 g/mol. The minimum absolute atomic E-state index is 0.102. The highest BCUT2D eigenvalue weighted by Gasteiger charge is 2.25. The zero-order chi connectivity index (χ0) is 21.6. The number of hydrogen-bond donors (Lipinski definition) is 0. The van der Waals surface area contributed by atoms with Crippen LogP contribution in [0.5, 0.6) is 0 Å². The molecule has 1 aliphatic carbocycles. The molecule has 1 aromatic heterocycles. The Balaban J connectivity index is 1.68. The summed E-state index contributed by atoms with van der Waals surface area (Å²) in [5.41, 5.74) is 4.85. The van der Waals surface area contributed by atoms with Crippen molar-refractivity contribution in [1.82, 2.24) is 14.5 Å². The molecule has 162 valence electrons. The molecule has 0 saturated carbocycles. The molecule has 1 aliphatic rings. The SMILES string of the molecule is CCN(CC)CCn1c2c(c(SC(c3ccccc3)c3ccccc3)nc1=O)CCC2. The van der Waals surface area contributed by atoms with Crippen LogP contribution in [0.1, 0.15) is 47.9 Å². The van der Waals surface area contributed by atoms with Crippen molar-refractivity contribution >= 4 is 11.8 Å². The number of hydrogen-bond acceptors (Lipinski definition) is 4. The zero-order valence-corrected chi connectivity index (χ0v) is 19.3. The number of fused-ring (bicyclic) bond motifs is 1. The fourth-order valence-corrected chi connectivity index (χ4v) is 5.69. The summed E-state index contributed by atoms with van der Waals surface area (Å²) >= 11 is 1.72. The Morgan fingerprint density at radius 3 is 2.16 bits per heavy atom. The smallest absolute Gasteiger partial charge is 0.302 e. The molecule has 5 heteroatoms. The molecule has 0 amide bonds. The van der Waals surface area contributed by atoms with Gasteiger partial charge in [-0.15, -0.1) is 0 Å². The van der Waals surface area contributed by atoms with Crippen molar-refractivity contribution in [3.05, 3.63) is 93.5 Å². The van der Waals surface area contributed by atoms with Gasteiger partial charge in [-0.2, -0.15) is 4.98 Å². The van der Waals surface area contributed by atoms with Crippen LogP contribution < -0.4 is 5.69 Å². The lowest BCUT2D eigenvalue weighted by Gasteiger charge is -2.22. The third-order valence-corrected chi connectivity index (χ3v) is 7.51. The molecule has 0 fully saturated rings. The first-order valence-corrected chi connectivity index (χ1v) is 12.2. The van der Waals surface area contributed by atoms with Gasteiger partial charge in [0.15, 0.2) is 0 Å². The Morgan fingerprint density at radius 2 is 1.58 bits per heavy atom. The van der Waals surface area contributed by atoms with Gasteiger partial charge in [0.25, 0.3) is 0 Å². The summed E-state index contributed by atoms with van der Waals surface area (Å²) in [6, 6.07) is 21.1. The van der Waals surface area contributed by atoms with Gasteiger partial charge in [0, 0.05) is 24.3 Å². The van der Waals surface area contributed by atoms with E-state index in [0.717, 1.165) is 50.5 Å². The van der Waals surface area contributed by atoms with Crippen LogP contribution in [0.3, 0.4) is 0 Å². The van der Waals surface area contributed by atoms with Crippen molar-refractivity contribution in [1.29, 1.82) is 0 Å². The number of likely N-dealkylation sites (N-methyl/N-ethyl adjacent to an activating group) is 1. The summed E-state index contributed by atoms with van der Waals surface area (Å²) in [7, 11) is 0. The minimum atomic E-state index is -0.102. The molecule has 31 heavy (non-hydrogen) atoms. The van der Waals surface area contributed by atoms with Gasteiger partial charge in [-0.1, -0.05) is 86.3 Å². The van der Waals surface area contributed by atoms with Crippen molar-refractivity contribution in [2.75, 3.05) is 19.6 Å². The highest BCUT2D eigenvalue weighted by molar-refractivity contribution is 7.99. The summed E-state index contributed by atoms with van der Waals surface area (Å²) < 4.78 is 1.94. The molecule has 1 heterocycles. The molecular formula is C26H31N3OS. The van der Waals surface area contributed by atoms with Crippen molar-refractivity contribution in [3.8, 4) is 0 Å². The molecular weight excluding hydrogens is 402 g/mol. The van der Waals surface area contributed by atoms with Crippen molar-refractivity contribution < 1.29 is 0 Å². The second kappa shape index (κ2) is 10.3. The molecule has 0 aliphatic heterocycles. The topological polar surface area (TPSA) is 38.1 Å². The number of aromatic nitrogens is 2. The molecule has 0 atom stereocenters. The van der Waals surface area contributed by atoms with Gasteiger partial charge >= 0.3 is 5.69 Å². The van der Waals surface area contributed by atoms with Gasteiger partial charge in [-0.3, -0.25) is 4.57 Å². The lowest BCUT2D eigenvalue weighted by molar-refractivity contribution is 0.286. The minimum Gasteiger partial charge on any atom is -0.302 e. The van der Waals surface area contributed by atoms with Gasteiger partial charge < -0.3 is 4.90 Å². The van der Waals surface area contributed by atoms with Crippen LogP contribution >= 0.6 is 11.8 Å². The molecule has 3 aromatic rings. The number of nitrogens with zero attached hydrogens (tertiary/aromatic N) is 3. The van der Waals surface area contributed by atoms with E-state index in [1.807, 2.05) is 16.7 Å². The molecule has 4 nitrogen and oxygen atoms in total. The van der Waals surface area contributed by atoms with E-state index in [1.165, 1.54) is 22.4 Å². The lowest BCUT2D eigenvalue weighted by atomic mass is 10.0. The standard InChI is InChI=1S/C26H31N3OS/c1-3-28(4-2)18-19-29-23-17-11-16-22(23)25(27-26(29)30)31-24(20-12-7-5-8-13-20)21-14-9-6-10-15-21/h5-10,12-15,24H,3-4,11,16-19H2,1-2H3. The first-order valence-electron chi connectivity index (χ1n) is 11.3. The molecule has 0 unspecified atom stereocenters. The van der Waals surface area contributed by atoms with Gasteiger partial charge in [-0.05, 0) is 43.5 Å². The third kappa shape index (κ3) is 4.94. The highest BCUT2D eigenvalue weighted by atomic mass is 32.2. The van der Waals surface area contributed by atoms with Crippen molar-refractivity contribution in [2.24, 2.45) is 0 Å². The summed E-state index contributed by atoms with van der Waals surface area (Å²) in [4.78, 5) is 20.0. The molecule has 0 radical (unpaired) electrons. The highest BCUT2D eigenvalue weighted by Crippen LogP contribution is 2.42. The second-order valence-electron chi connectivity index (χ2n) is 7.98. The maximum Gasteiger partial charge on any atom is 0.348 e. The molecule has 0 N–H and O–H groups in total. The van der Waals surface area contributed by atoms with Crippen LogP contribution in [0.25, 0.3) is 0 Å². The average Bonchev–Trinajstić information content (AvgIpc) is 3.30. The molecule has 0 spiro atoms. The van der Waals surface area contributed by atoms with Gasteiger partial charge in [0.1, 0.15) is 5.03 Å². The maximum atomic E-state index is 13.1. The van der Waals surface area contributed by atoms with Crippen LogP contribution in [0.4, 0.5) is 0 Å². The quantitative estimate of drug-likeness (QED) is 0.353. The van der Waals surface area contributed by atoms with Crippen LogP contribution in [0, 0.1) is 0 Å². The zero-order valence-electron chi connectivity index (χ0n) is 18.5. The van der Waals surface area contributed by atoms with Gasteiger partial charge in [0.2, 0.25) is 0 Å². The third-order valence-electron chi connectivity index (χ3n) is 6.17. The number of thioether (sulfide) groups is 1. The predicted molar refractivity (Wildman–Crippen MR) is 129 cm³/mol. The summed E-state index contributed by atoms with van der Waals surface area (Å²) in [5, 5.41) is 1.03. The Morgan fingerprint density at radius 1 is 0.968 bits per heavy atom. The summed E-state index contributed by atoms with van der Waals surface area (Å²) in [6.45, 7) is 7.96.